The number of alkyl halides is 2. The van der Waals surface area contributed by atoms with E-state index >= 15 is 0 Å². The Hall–Kier alpha value is -2.31. The number of aromatic nitrogens is 4. The van der Waals surface area contributed by atoms with Gasteiger partial charge in [0, 0.05) is 31.1 Å². The van der Waals surface area contributed by atoms with E-state index in [2.05, 4.69) is 20.3 Å². The molecule has 1 aliphatic rings. The summed E-state index contributed by atoms with van der Waals surface area (Å²) in [5, 5.41) is 11.9. The largest absolute Gasteiger partial charge is 0.339 e. The van der Waals surface area contributed by atoms with E-state index < -0.39 is 5.92 Å². The average molecular weight is 318 g/mol. The number of nitrogens with one attached hydrogen (secondary N) is 1. The van der Waals surface area contributed by atoms with Crippen molar-refractivity contribution < 1.29 is 13.3 Å². The molecule has 1 aliphatic carbocycles. The van der Waals surface area contributed by atoms with Gasteiger partial charge in [-0.25, -0.2) is 8.78 Å². The van der Waals surface area contributed by atoms with Crippen molar-refractivity contribution in [2.24, 2.45) is 5.92 Å². The zero-order chi connectivity index (χ0) is 15.9. The van der Waals surface area contributed by atoms with Gasteiger partial charge < -0.3 is 4.52 Å². The molecule has 1 N–H and O–H groups in total. The highest BCUT2D eigenvalue weighted by atomic mass is 19.3. The Kier molecular flexibility index (Phi) is 3.36. The van der Waals surface area contributed by atoms with Crippen LogP contribution < -0.4 is 0 Å². The second kappa shape index (κ2) is 5.40. The van der Waals surface area contributed by atoms with Crippen molar-refractivity contribution in [2.45, 2.75) is 38.0 Å². The van der Waals surface area contributed by atoms with Crippen LogP contribution in [0.15, 0.2) is 28.9 Å². The van der Waals surface area contributed by atoms with Crippen molar-refractivity contribution in [1.82, 2.24) is 20.3 Å². The number of benzene rings is 1. The lowest BCUT2D eigenvalue weighted by molar-refractivity contribution is 0.00483. The first-order valence-electron chi connectivity index (χ1n) is 7.69. The van der Waals surface area contributed by atoms with E-state index in [0.29, 0.717) is 31.0 Å². The quantitative estimate of drug-likeness (QED) is 0.799. The molecule has 0 saturated heterocycles. The van der Waals surface area contributed by atoms with Crippen LogP contribution in [-0.2, 0) is 12.8 Å². The number of hydrogen-bond acceptors (Lipinski definition) is 4. The molecule has 7 heteroatoms. The summed E-state index contributed by atoms with van der Waals surface area (Å²) in [6, 6.07) is 5.96. The van der Waals surface area contributed by atoms with Crippen LogP contribution in [0.1, 0.15) is 36.5 Å². The van der Waals surface area contributed by atoms with Gasteiger partial charge in [-0.05, 0) is 30.0 Å². The summed E-state index contributed by atoms with van der Waals surface area (Å²) >= 11 is 0. The lowest BCUT2D eigenvalue weighted by Crippen LogP contribution is -2.10. The smallest absolute Gasteiger partial charge is 0.248 e. The van der Waals surface area contributed by atoms with Crippen molar-refractivity contribution in [2.75, 3.05) is 0 Å². The highest BCUT2D eigenvalue weighted by Gasteiger charge is 2.39. The van der Waals surface area contributed by atoms with E-state index in [1.165, 1.54) is 0 Å². The van der Waals surface area contributed by atoms with Crippen molar-refractivity contribution in [3.05, 3.63) is 41.7 Å². The minimum atomic E-state index is -2.53. The highest BCUT2D eigenvalue weighted by Crippen LogP contribution is 2.40. The third-order valence-corrected chi connectivity index (χ3v) is 4.35. The Balaban J connectivity index is 1.43. The number of rotatable bonds is 4. The number of nitrogens with zero attached hydrogens (tertiary/aromatic N) is 3. The average Bonchev–Trinajstić information content (AvgIpc) is 3.20. The second-order valence-corrected chi connectivity index (χ2v) is 6.24. The van der Waals surface area contributed by atoms with Crippen molar-refractivity contribution in [3.63, 3.8) is 0 Å². The fourth-order valence-corrected chi connectivity index (χ4v) is 3.19. The van der Waals surface area contributed by atoms with E-state index in [0.717, 1.165) is 16.5 Å². The summed E-state index contributed by atoms with van der Waals surface area (Å²) in [5.74, 6) is -1.58. The molecular formula is C16H16F2N4O. The Morgan fingerprint density at radius 3 is 3.09 bits per heavy atom. The molecule has 1 fully saturated rings. The fraction of sp³-hybridized carbons (Fsp3) is 0.438. The molecule has 2 aromatic heterocycles. The lowest BCUT2D eigenvalue weighted by atomic mass is 10.0. The van der Waals surface area contributed by atoms with Gasteiger partial charge in [0.15, 0.2) is 5.82 Å². The molecule has 5 nitrogen and oxygen atoms in total. The van der Waals surface area contributed by atoms with Crippen molar-refractivity contribution in [1.29, 1.82) is 0 Å². The zero-order valence-electron chi connectivity index (χ0n) is 12.4. The van der Waals surface area contributed by atoms with Gasteiger partial charge in [0.05, 0.1) is 11.7 Å². The van der Waals surface area contributed by atoms with Crippen LogP contribution in [0.3, 0.4) is 0 Å². The second-order valence-electron chi connectivity index (χ2n) is 6.24. The zero-order valence-corrected chi connectivity index (χ0v) is 12.4. The Labute approximate surface area is 131 Å². The standard InChI is InChI=1S/C16H16F2N4O/c17-16(18)4-3-11(8-16)7-15-20-14(22-23-15)6-10-1-2-13-12(5-10)9-19-21-13/h1-2,5,9,11H,3-4,6-8H2,(H,19,21). The minimum Gasteiger partial charge on any atom is -0.339 e. The monoisotopic (exact) mass is 318 g/mol. The van der Waals surface area contributed by atoms with Crippen molar-refractivity contribution >= 4 is 10.9 Å². The Morgan fingerprint density at radius 2 is 2.26 bits per heavy atom. The molecule has 3 aromatic rings. The van der Waals surface area contributed by atoms with Gasteiger partial charge in [-0.1, -0.05) is 11.2 Å². The molecule has 0 bridgehead atoms. The number of aromatic amines is 1. The number of hydrogen-bond donors (Lipinski definition) is 1. The van der Waals surface area contributed by atoms with Gasteiger partial charge in [-0.2, -0.15) is 10.1 Å². The number of halogens is 2. The highest BCUT2D eigenvalue weighted by molar-refractivity contribution is 5.78. The summed E-state index contributed by atoms with van der Waals surface area (Å²) in [6.45, 7) is 0. The van der Waals surface area contributed by atoms with Gasteiger partial charge >= 0.3 is 0 Å². The third-order valence-electron chi connectivity index (χ3n) is 4.35. The summed E-state index contributed by atoms with van der Waals surface area (Å²) in [7, 11) is 0. The lowest BCUT2D eigenvalue weighted by Gasteiger charge is -2.07. The molecule has 23 heavy (non-hydrogen) atoms. The maximum atomic E-state index is 13.2. The molecule has 2 heterocycles. The number of H-pyrrole nitrogens is 1. The first kappa shape index (κ1) is 14.3. The van der Waals surface area contributed by atoms with E-state index in [1.807, 2.05) is 18.2 Å². The maximum Gasteiger partial charge on any atom is 0.248 e. The van der Waals surface area contributed by atoms with Crippen molar-refractivity contribution in [3.8, 4) is 0 Å². The van der Waals surface area contributed by atoms with Crippen LogP contribution in [0.5, 0.6) is 0 Å². The SMILES string of the molecule is FC1(F)CCC(Cc2nc(Cc3ccc4[nH]ncc4c3)no2)C1. The maximum absolute atomic E-state index is 13.2. The normalized spacial score (nSPS) is 20.3. The molecule has 0 radical (unpaired) electrons. The van der Waals surface area contributed by atoms with E-state index in [9.17, 15) is 8.78 Å². The predicted octanol–water partition coefficient (Wildman–Crippen LogP) is 3.51. The molecule has 0 spiro atoms. The fourth-order valence-electron chi connectivity index (χ4n) is 3.19. The van der Waals surface area contributed by atoms with Crippen LogP contribution in [0, 0.1) is 5.92 Å². The molecule has 1 unspecified atom stereocenters. The first-order chi connectivity index (χ1) is 11.1. The van der Waals surface area contributed by atoms with Crippen LogP contribution >= 0.6 is 0 Å². The van der Waals surface area contributed by atoms with E-state index in [4.69, 9.17) is 4.52 Å². The minimum absolute atomic E-state index is 0.0383. The van der Waals surface area contributed by atoms with E-state index in [1.54, 1.807) is 6.20 Å². The van der Waals surface area contributed by atoms with E-state index in [-0.39, 0.29) is 18.8 Å². The Morgan fingerprint density at radius 1 is 1.35 bits per heavy atom. The summed E-state index contributed by atoms with van der Waals surface area (Å²) in [6.07, 6.45) is 3.14. The van der Waals surface area contributed by atoms with Gasteiger partial charge in [-0.3, -0.25) is 5.10 Å². The molecule has 1 saturated carbocycles. The molecule has 1 aromatic carbocycles. The first-order valence-corrected chi connectivity index (χ1v) is 7.69. The van der Waals surface area contributed by atoms with Gasteiger partial charge in [-0.15, -0.1) is 0 Å². The van der Waals surface area contributed by atoms with Crippen LogP contribution in [0.25, 0.3) is 10.9 Å². The molecule has 0 amide bonds. The number of fused-ring (bicyclic) bond motifs is 1. The summed E-state index contributed by atoms with van der Waals surface area (Å²) in [5.41, 5.74) is 2.03. The molecule has 1 atom stereocenters. The molecule has 4 rings (SSSR count). The Bertz CT molecular complexity index is 826. The summed E-state index contributed by atoms with van der Waals surface area (Å²) < 4.78 is 31.6. The molecule has 0 aliphatic heterocycles. The molecular weight excluding hydrogens is 302 g/mol. The van der Waals surface area contributed by atoms with Crippen LogP contribution in [0.2, 0.25) is 0 Å². The van der Waals surface area contributed by atoms with Gasteiger partial charge in [0.25, 0.3) is 0 Å². The van der Waals surface area contributed by atoms with Gasteiger partial charge in [0.1, 0.15) is 0 Å². The molecule has 120 valence electrons. The van der Waals surface area contributed by atoms with Crippen LogP contribution in [0.4, 0.5) is 8.78 Å². The topological polar surface area (TPSA) is 67.6 Å². The van der Waals surface area contributed by atoms with Gasteiger partial charge in [0.2, 0.25) is 11.8 Å². The predicted molar refractivity (Wildman–Crippen MR) is 79.2 cm³/mol. The summed E-state index contributed by atoms with van der Waals surface area (Å²) in [4.78, 5) is 4.34. The van der Waals surface area contributed by atoms with Crippen LogP contribution in [-0.4, -0.2) is 26.3 Å². The third kappa shape index (κ3) is 3.09.